The fourth-order valence-corrected chi connectivity index (χ4v) is 1.93. The maximum absolute atomic E-state index is 6.08. The first kappa shape index (κ1) is 9.43. The number of fused-ring (bicyclic) bond motifs is 1. The minimum Gasteiger partial charge on any atom is -0.464 e. The van der Waals surface area contributed by atoms with Gasteiger partial charge in [0.25, 0.3) is 0 Å². The number of aromatic nitrogens is 1. The van der Waals surface area contributed by atoms with Crippen LogP contribution < -0.4 is 0 Å². The molecule has 0 N–H and O–H groups in total. The monoisotopic (exact) mass is 229 g/mol. The molecule has 0 radical (unpaired) electrons. The van der Waals surface area contributed by atoms with Gasteiger partial charge in [0.1, 0.15) is 10.7 Å². The highest BCUT2D eigenvalue weighted by Crippen LogP contribution is 2.27. The molecule has 0 saturated carbocycles. The van der Waals surface area contributed by atoms with E-state index in [0.29, 0.717) is 5.15 Å². The van der Waals surface area contributed by atoms with Gasteiger partial charge >= 0.3 is 0 Å². The molecule has 0 atom stereocenters. The lowest BCUT2D eigenvalue weighted by atomic mass is 10.1. The molecule has 78 valence electrons. The van der Waals surface area contributed by atoms with Crippen LogP contribution in [0.25, 0.3) is 22.2 Å². The van der Waals surface area contributed by atoms with E-state index in [0.717, 1.165) is 22.2 Å². The third kappa shape index (κ3) is 1.48. The lowest BCUT2D eigenvalue weighted by molar-refractivity contribution is 0.616. The van der Waals surface area contributed by atoms with Crippen LogP contribution in [0, 0.1) is 0 Å². The van der Waals surface area contributed by atoms with Gasteiger partial charge in [-0.15, -0.1) is 0 Å². The molecule has 16 heavy (non-hydrogen) atoms. The molecule has 0 spiro atoms. The van der Waals surface area contributed by atoms with Crippen LogP contribution >= 0.6 is 11.6 Å². The molecule has 0 aliphatic heterocycles. The van der Waals surface area contributed by atoms with Gasteiger partial charge in [-0.3, -0.25) is 0 Å². The molecular formula is C13H8ClNO. The van der Waals surface area contributed by atoms with Crippen LogP contribution in [-0.2, 0) is 0 Å². The van der Waals surface area contributed by atoms with Crippen LogP contribution in [0.3, 0.4) is 0 Å². The predicted molar refractivity (Wildman–Crippen MR) is 64.5 cm³/mol. The van der Waals surface area contributed by atoms with Gasteiger partial charge in [-0.2, -0.15) is 0 Å². The average molecular weight is 230 g/mol. The van der Waals surface area contributed by atoms with Gasteiger partial charge in [-0.25, -0.2) is 4.98 Å². The fraction of sp³-hybridized carbons (Fsp3) is 0. The van der Waals surface area contributed by atoms with Gasteiger partial charge in [-0.1, -0.05) is 41.9 Å². The summed E-state index contributed by atoms with van der Waals surface area (Å²) in [5.41, 5.74) is 2.62. The smallest absolute Gasteiger partial charge is 0.140 e. The lowest BCUT2D eigenvalue weighted by Gasteiger charge is -2.01. The molecule has 0 fully saturated rings. The molecule has 3 heteroatoms. The zero-order valence-electron chi connectivity index (χ0n) is 8.35. The average Bonchev–Trinajstić information content (AvgIpc) is 2.79. The number of furan rings is 1. The molecule has 2 aromatic heterocycles. The molecule has 3 aromatic rings. The summed E-state index contributed by atoms with van der Waals surface area (Å²) in [5.74, 6) is 0. The third-order valence-electron chi connectivity index (χ3n) is 2.47. The SMILES string of the molecule is Clc1nc(-c2ccccc2)cc2occc12. The maximum Gasteiger partial charge on any atom is 0.140 e. The van der Waals surface area contributed by atoms with Gasteiger partial charge in [-0.05, 0) is 6.07 Å². The Balaban J connectivity index is 2.25. The van der Waals surface area contributed by atoms with E-state index < -0.39 is 0 Å². The zero-order valence-corrected chi connectivity index (χ0v) is 9.11. The van der Waals surface area contributed by atoms with Gasteiger partial charge in [0.15, 0.2) is 0 Å². The quantitative estimate of drug-likeness (QED) is 0.586. The molecule has 0 unspecified atom stereocenters. The minimum absolute atomic E-state index is 0.477. The van der Waals surface area contributed by atoms with E-state index in [9.17, 15) is 0 Å². The summed E-state index contributed by atoms with van der Waals surface area (Å²) in [7, 11) is 0. The maximum atomic E-state index is 6.08. The Morgan fingerprint density at radius 1 is 1.06 bits per heavy atom. The van der Waals surface area contributed by atoms with Crippen molar-refractivity contribution in [2.24, 2.45) is 0 Å². The van der Waals surface area contributed by atoms with E-state index in [1.165, 1.54) is 0 Å². The Hall–Kier alpha value is -1.80. The molecule has 0 bridgehead atoms. The van der Waals surface area contributed by atoms with Crippen molar-refractivity contribution in [2.45, 2.75) is 0 Å². The summed E-state index contributed by atoms with van der Waals surface area (Å²) < 4.78 is 5.34. The van der Waals surface area contributed by atoms with Crippen molar-refractivity contribution < 1.29 is 4.42 Å². The highest BCUT2D eigenvalue weighted by Gasteiger charge is 2.07. The van der Waals surface area contributed by atoms with Crippen molar-refractivity contribution in [2.75, 3.05) is 0 Å². The number of benzene rings is 1. The first-order valence-electron chi connectivity index (χ1n) is 4.94. The Bertz CT molecular complexity index is 631. The Morgan fingerprint density at radius 3 is 2.69 bits per heavy atom. The molecule has 2 nitrogen and oxygen atoms in total. The van der Waals surface area contributed by atoms with Crippen LogP contribution in [0.15, 0.2) is 53.1 Å². The van der Waals surface area contributed by atoms with Crippen molar-refractivity contribution >= 4 is 22.6 Å². The second-order valence-corrected chi connectivity index (χ2v) is 3.85. The summed E-state index contributed by atoms with van der Waals surface area (Å²) in [6.07, 6.45) is 1.62. The number of hydrogen-bond donors (Lipinski definition) is 0. The molecule has 1 aromatic carbocycles. The summed E-state index contributed by atoms with van der Waals surface area (Å²) in [4.78, 5) is 4.35. The van der Waals surface area contributed by atoms with Crippen LogP contribution in [-0.4, -0.2) is 4.98 Å². The van der Waals surface area contributed by atoms with E-state index >= 15 is 0 Å². The van der Waals surface area contributed by atoms with Crippen LogP contribution in [0.1, 0.15) is 0 Å². The molecule has 3 rings (SSSR count). The van der Waals surface area contributed by atoms with Crippen LogP contribution in [0.4, 0.5) is 0 Å². The number of pyridine rings is 1. The van der Waals surface area contributed by atoms with Gasteiger partial charge in [0.2, 0.25) is 0 Å². The molecule has 2 heterocycles. The molecule has 0 aliphatic carbocycles. The second-order valence-electron chi connectivity index (χ2n) is 3.50. The summed E-state index contributed by atoms with van der Waals surface area (Å²) in [6, 6.07) is 13.6. The Labute approximate surface area is 97.5 Å². The number of halogens is 1. The fourth-order valence-electron chi connectivity index (χ4n) is 1.68. The standard InChI is InChI=1S/C13H8ClNO/c14-13-10-6-7-16-12(10)8-11(15-13)9-4-2-1-3-5-9/h1-8H. The second kappa shape index (κ2) is 3.65. The Morgan fingerprint density at radius 2 is 1.88 bits per heavy atom. The molecular weight excluding hydrogens is 222 g/mol. The zero-order chi connectivity index (χ0) is 11.0. The summed E-state index contributed by atoms with van der Waals surface area (Å²) in [5, 5.41) is 1.33. The largest absolute Gasteiger partial charge is 0.464 e. The van der Waals surface area contributed by atoms with Crippen molar-refractivity contribution in [3.8, 4) is 11.3 Å². The van der Waals surface area contributed by atoms with E-state index in [1.807, 2.05) is 42.5 Å². The van der Waals surface area contributed by atoms with Crippen LogP contribution in [0.5, 0.6) is 0 Å². The Kier molecular flexibility index (Phi) is 2.15. The predicted octanol–water partition coefficient (Wildman–Crippen LogP) is 4.15. The lowest BCUT2D eigenvalue weighted by Crippen LogP contribution is -1.84. The van der Waals surface area contributed by atoms with E-state index in [1.54, 1.807) is 6.26 Å². The third-order valence-corrected chi connectivity index (χ3v) is 2.76. The minimum atomic E-state index is 0.477. The van der Waals surface area contributed by atoms with Crippen molar-refractivity contribution in [3.63, 3.8) is 0 Å². The highest BCUT2D eigenvalue weighted by molar-refractivity contribution is 6.34. The van der Waals surface area contributed by atoms with Gasteiger partial charge in [0, 0.05) is 11.6 Å². The topological polar surface area (TPSA) is 26.0 Å². The van der Waals surface area contributed by atoms with Crippen molar-refractivity contribution in [3.05, 3.63) is 53.9 Å². The number of rotatable bonds is 1. The molecule has 0 amide bonds. The van der Waals surface area contributed by atoms with Crippen molar-refractivity contribution in [1.29, 1.82) is 0 Å². The normalized spacial score (nSPS) is 10.8. The van der Waals surface area contributed by atoms with E-state index in [2.05, 4.69) is 4.98 Å². The number of nitrogens with zero attached hydrogens (tertiary/aromatic N) is 1. The van der Waals surface area contributed by atoms with E-state index in [-0.39, 0.29) is 0 Å². The molecule has 0 saturated heterocycles. The number of hydrogen-bond acceptors (Lipinski definition) is 2. The van der Waals surface area contributed by atoms with Crippen molar-refractivity contribution in [1.82, 2.24) is 4.98 Å². The van der Waals surface area contributed by atoms with Crippen LogP contribution in [0.2, 0.25) is 5.15 Å². The first-order valence-corrected chi connectivity index (χ1v) is 5.31. The highest BCUT2D eigenvalue weighted by atomic mass is 35.5. The van der Waals surface area contributed by atoms with Gasteiger partial charge < -0.3 is 4.42 Å². The summed E-state index contributed by atoms with van der Waals surface area (Å²) in [6.45, 7) is 0. The molecule has 0 aliphatic rings. The van der Waals surface area contributed by atoms with Gasteiger partial charge in [0.05, 0.1) is 17.3 Å². The first-order chi connectivity index (χ1) is 7.84. The van der Waals surface area contributed by atoms with E-state index in [4.69, 9.17) is 16.0 Å². The summed E-state index contributed by atoms with van der Waals surface area (Å²) >= 11 is 6.08.